The van der Waals surface area contributed by atoms with Gasteiger partial charge in [0.1, 0.15) is 0 Å². The maximum Gasteiger partial charge on any atom is 0.224 e. The molecule has 132 valence electrons. The van der Waals surface area contributed by atoms with Crippen LogP contribution >= 0.6 is 0 Å². The Morgan fingerprint density at radius 1 is 0.957 bits per heavy atom. The van der Waals surface area contributed by atoms with Crippen LogP contribution in [0, 0.1) is 28.6 Å². The molecule has 1 amide bonds. The highest BCUT2D eigenvalue weighted by molar-refractivity contribution is 5.94. The van der Waals surface area contributed by atoms with E-state index in [0.717, 1.165) is 12.3 Å². The summed E-state index contributed by atoms with van der Waals surface area (Å²) in [5.74, 6) is 1.70. The first-order valence-electron chi connectivity index (χ1n) is 9.36. The van der Waals surface area contributed by atoms with Crippen molar-refractivity contribution in [2.45, 2.75) is 86.1 Å². The standard InChI is InChI=1S/C20H35NO2/c1-19(2,3)16(17(22)20(4,5)6)21-18(23)15-12-14(15)13-10-8-7-9-11-13/h13-16H,7-12H2,1-6H3,(H,21,23)/t14-,15-,16+/m0/s1. The fraction of sp³-hybridized carbons (Fsp3) is 0.900. The number of amides is 1. The lowest BCUT2D eigenvalue weighted by Crippen LogP contribution is -2.53. The van der Waals surface area contributed by atoms with Gasteiger partial charge in [-0.05, 0) is 23.7 Å². The smallest absolute Gasteiger partial charge is 0.224 e. The van der Waals surface area contributed by atoms with E-state index in [9.17, 15) is 9.59 Å². The van der Waals surface area contributed by atoms with Crippen LogP contribution in [-0.2, 0) is 9.59 Å². The van der Waals surface area contributed by atoms with Crippen LogP contribution in [0.25, 0.3) is 0 Å². The molecule has 0 bridgehead atoms. The van der Waals surface area contributed by atoms with Crippen LogP contribution in [0.4, 0.5) is 0 Å². The number of carbonyl (C=O) groups excluding carboxylic acids is 2. The van der Waals surface area contributed by atoms with Gasteiger partial charge in [0.2, 0.25) is 5.91 Å². The van der Waals surface area contributed by atoms with Crippen molar-refractivity contribution in [3.8, 4) is 0 Å². The monoisotopic (exact) mass is 321 g/mol. The van der Waals surface area contributed by atoms with Crippen LogP contribution in [0.2, 0.25) is 0 Å². The summed E-state index contributed by atoms with van der Waals surface area (Å²) in [6.07, 6.45) is 7.60. The Balaban J connectivity index is 1.98. The van der Waals surface area contributed by atoms with E-state index >= 15 is 0 Å². The molecule has 2 rings (SSSR count). The molecule has 0 aliphatic heterocycles. The van der Waals surface area contributed by atoms with Crippen molar-refractivity contribution in [2.24, 2.45) is 28.6 Å². The molecule has 23 heavy (non-hydrogen) atoms. The Hall–Kier alpha value is -0.860. The topological polar surface area (TPSA) is 46.2 Å². The van der Waals surface area contributed by atoms with E-state index in [1.807, 2.05) is 41.5 Å². The van der Waals surface area contributed by atoms with Crippen molar-refractivity contribution in [3.05, 3.63) is 0 Å². The summed E-state index contributed by atoms with van der Waals surface area (Å²) in [4.78, 5) is 25.4. The van der Waals surface area contributed by atoms with Crippen LogP contribution in [0.15, 0.2) is 0 Å². The normalized spacial score (nSPS) is 27.4. The predicted octanol–water partition coefficient (Wildman–Crippen LogP) is 4.35. The summed E-state index contributed by atoms with van der Waals surface area (Å²) in [5, 5.41) is 3.11. The van der Waals surface area contributed by atoms with Crippen LogP contribution in [-0.4, -0.2) is 17.7 Å². The molecule has 3 heteroatoms. The SMILES string of the molecule is CC(C)(C)C(=O)[C@@H](NC(=O)[C@H]1C[C@H]1C1CCCCC1)C(C)(C)C. The van der Waals surface area contributed by atoms with Gasteiger partial charge in [-0.15, -0.1) is 0 Å². The molecule has 0 aromatic rings. The minimum atomic E-state index is -0.433. The van der Waals surface area contributed by atoms with E-state index in [2.05, 4.69) is 5.32 Å². The third-order valence-electron chi connectivity index (χ3n) is 5.59. The first kappa shape index (κ1) is 18.5. The molecule has 2 saturated carbocycles. The van der Waals surface area contributed by atoms with Gasteiger partial charge >= 0.3 is 0 Å². The van der Waals surface area contributed by atoms with Crippen molar-refractivity contribution >= 4 is 11.7 Å². The Morgan fingerprint density at radius 2 is 1.52 bits per heavy atom. The zero-order valence-electron chi connectivity index (χ0n) is 15.9. The molecular formula is C20H35NO2. The summed E-state index contributed by atoms with van der Waals surface area (Å²) >= 11 is 0. The van der Waals surface area contributed by atoms with Gasteiger partial charge in [-0.3, -0.25) is 9.59 Å². The molecule has 2 fully saturated rings. The third-order valence-corrected chi connectivity index (χ3v) is 5.59. The van der Waals surface area contributed by atoms with Gasteiger partial charge in [-0.2, -0.15) is 0 Å². The molecule has 0 saturated heterocycles. The summed E-state index contributed by atoms with van der Waals surface area (Å²) in [6, 6.07) is -0.400. The van der Waals surface area contributed by atoms with Crippen molar-refractivity contribution in [3.63, 3.8) is 0 Å². The quantitative estimate of drug-likeness (QED) is 0.836. The molecule has 0 aromatic heterocycles. The Labute approximate surface area is 142 Å². The molecule has 0 heterocycles. The Morgan fingerprint density at radius 3 is 2.00 bits per heavy atom. The third kappa shape index (κ3) is 4.58. The van der Waals surface area contributed by atoms with Crippen molar-refractivity contribution < 1.29 is 9.59 Å². The summed E-state index contributed by atoms with van der Waals surface area (Å²) in [7, 11) is 0. The van der Waals surface area contributed by atoms with Gasteiger partial charge in [0.05, 0.1) is 6.04 Å². The summed E-state index contributed by atoms with van der Waals surface area (Å²) in [5.41, 5.74) is -0.688. The van der Waals surface area contributed by atoms with E-state index < -0.39 is 11.5 Å². The van der Waals surface area contributed by atoms with E-state index in [1.54, 1.807) is 0 Å². The molecule has 3 atom stereocenters. The van der Waals surface area contributed by atoms with Crippen molar-refractivity contribution in [1.29, 1.82) is 0 Å². The van der Waals surface area contributed by atoms with E-state index in [4.69, 9.17) is 0 Å². The number of carbonyl (C=O) groups is 2. The van der Waals surface area contributed by atoms with Gasteiger partial charge in [0, 0.05) is 11.3 Å². The number of Topliss-reactive ketones (excluding diaryl/α,β-unsaturated/α-hetero) is 1. The van der Waals surface area contributed by atoms with Crippen molar-refractivity contribution in [1.82, 2.24) is 5.32 Å². The molecular weight excluding hydrogens is 286 g/mol. The first-order chi connectivity index (χ1) is 10.5. The predicted molar refractivity (Wildman–Crippen MR) is 94.0 cm³/mol. The van der Waals surface area contributed by atoms with Crippen LogP contribution < -0.4 is 5.32 Å². The maximum absolute atomic E-state index is 12.8. The molecule has 0 radical (unpaired) electrons. The highest BCUT2D eigenvalue weighted by Gasteiger charge is 2.49. The molecule has 3 nitrogen and oxygen atoms in total. The van der Waals surface area contributed by atoms with E-state index in [0.29, 0.717) is 5.92 Å². The second-order valence-corrected chi connectivity index (χ2v) is 9.83. The van der Waals surface area contributed by atoms with Gasteiger partial charge in [0.25, 0.3) is 0 Å². The second kappa shape index (κ2) is 6.57. The lowest BCUT2D eigenvalue weighted by Gasteiger charge is -2.35. The minimum Gasteiger partial charge on any atom is -0.345 e. The second-order valence-electron chi connectivity index (χ2n) is 9.83. The lowest BCUT2D eigenvalue weighted by molar-refractivity contribution is -0.135. The summed E-state index contributed by atoms with van der Waals surface area (Å²) < 4.78 is 0. The zero-order chi connectivity index (χ0) is 17.4. The van der Waals surface area contributed by atoms with Gasteiger partial charge in [0.15, 0.2) is 5.78 Å². The lowest BCUT2D eigenvalue weighted by atomic mass is 9.75. The molecule has 0 spiro atoms. The van der Waals surface area contributed by atoms with Gasteiger partial charge in [-0.25, -0.2) is 0 Å². The van der Waals surface area contributed by atoms with E-state index in [1.165, 1.54) is 32.1 Å². The van der Waals surface area contributed by atoms with Crippen LogP contribution in [0.5, 0.6) is 0 Å². The number of hydrogen-bond donors (Lipinski definition) is 1. The Bertz CT molecular complexity index is 449. The molecule has 1 N–H and O–H groups in total. The molecule has 2 aliphatic rings. The average molecular weight is 322 g/mol. The summed E-state index contributed by atoms with van der Waals surface area (Å²) in [6.45, 7) is 11.9. The number of ketones is 1. The number of hydrogen-bond acceptors (Lipinski definition) is 2. The van der Waals surface area contributed by atoms with Gasteiger partial charge in [-0.1, -0.05) is 73.6 Å². The zero-order valence-corrected chi connectivity index (χ0v) is 15.9. The van der Waals surface area contributed by atoms with Crippen LogP contribution in [0.3, 0.4) is 0 Å². The van der Waals surface area contributed by atoms with Gasteiger partial charge < -0.3 is 5.32 Å². The molecule has 0 aromatic carbocycles. The highest BCUT2D eigenvalue weighted by Crippen LogP contribution is 2.49. The molecule has 2 aliphatic carbocycles. The first-order valence-corrected chi connectivity index (χ1v) is 9.36. The number of nitrogens with one attached hydrogen (secondary N) is 1. The largest absolute Gasteiger partial charge is 0.345 e. The van der Waals surface area contributed by atoms with Crippen LogP contribution in [0.1, 0.15) is 80.1 Å². The fourth-order valence-electron chi connectivity index (χ4n) is 3.96. The maximum atomic E-state index is 12.8. The highest BCUT2D eigenvalue weighted by atomic mass is 16.2. The Kier molecular flexibility index (Phi) is 5.27. The fourth-order valence-corrected chi connectivity index (χ4v) is 3.96. The average Bonchev–Trinajstić information content (AvgIpc) is 3.23. The molecule has 0 unspecified atom stereocenters. The van der Waals surface area contributed by atoms with E-state index in [-0.39, 0.29) is 23.0 Å². The minimum absolute atomic E-state index is 0.109. The van der Waals surface area contributed by atoms with Crippen molar-refractivity contribution in [2.75, 3.05) is 0 Å². The number of rotatable bonds is 4.